The number of aliphatic carboxylic acids is 1. The Labute approximate surface area is 355 Å². The number of allylic oxidation sites excluding steroid dienone is 12. The molecule has 0 N–H and O–H groups in total. The largest absolute Gasteiger partial charge is 0.544 e. The van der Waals surface area contributed by atoms with Crippen LogP contribution in [0.15, 0.2) is 72.9 Å². The number of carbonyl (C=O) groups excluding carboxylic acids is 3. The number of rotatable bonds is 40. The first-order valence-electron chi connectivity index (χ1n) is 23.0. The number of hydrogen-bond acceptors (Lipinski definition) is 7. The van der Waals surface area contributed by atoms with Gasteiger partial charge in [-0.1, -0.05) is 164 Å². The van der Waals surface area contributed by atoms with Crippen molar-refractivity contribution in [3.05, 3.63) is 72.9 Å². The van der Waals surface area contributed by atoms with E-state index in [1.165, 1.54) is 51.4 Å². The normalized spacial score (nSPS) is 13.6. The molecule has 8 heteroatoms. The number of likely N-dealkylation sites (N-methyl/N-ethyl adjacent to an activating group) is 1. The minimum atomic E-state index is -1.13. The van der Waals surface area contributed by atoms with Crippen LogP contribution in [0, 0.1) is 0 Å². The number of quaternary nitrogens is 1. The lowest BCUT2D eigenvalue weighted by Crippen LogP contribution is -2.55. The van der Waals surface area contributed by atoms with E-state index in [2.05, 4.69) is 86.8 Å². The minimum absolute atomic E-state index is 0.0281. The Kier molecular flexibility index (Phi) is 38.3. The van der Waals surface area contributed by atoms with Gasteiger partial charge in [0.25, 0.3) is 0 Å². The molecule has 0 aromatic rings. The molecule has 0 aliphatic rings. The van der Waals surface area contributed by atoms with E-state index >= 15 is 0 Å². The third-order valence-corrected chi connectivity index (χ3v) is 9.86. The Bertz CT molecular complexity index is 1180. The van der Waals surface area contributed by atoms with Crippen LogP contribution in [0.1, 0.15) is 174 Å². The summed E-state index contributed by atoms with van der Waals surface area (Å²) >= 11 is 0. The SMILES string of the molecule is CC/C=C/C/C=C/C/C=C/C/C=C/C/C=C/C/C=C/CCCCCCC(=O)OC(COCCC(C(=O)[O-])[N+](C)(C)C)COC(=O)CCCCCCCCCCCCC. The van der Waals surface area contributed by atoms with Gasteiger partial charge in [0.1, 0.15) is 12.6 Å². The quantitative estimate of drug-likeness (QED) is 0.0263. The molecule has 0 heterocycles. The van der Waals surface area contributed by atoms with Crippen molar-refractivity contribution in [3.8, 4) is 0 Å². The maximum Gasteiger partial charge on any atom is 0.306 e. The standard InChI is InChI=1S/C50H85NO7/c1-6-8-10-12-14-16-18-19-20-21-22-23-24-25-26-27-28-29-31-33-35-37-39-41-49(53)58-46(44-56-43-42-47(50(54)55)51(3,4)5)45-57-48(52)40-38-36-34-32-30-17-15-13-11-9-7-2/h8,10,14,16,19-20,22-23,25-26,28-29,46-47H,6-7,9,11-13,15,17-18,21,24,27,30-45H2,1-5H3/b10-8+,16-14+,20-19+,23-22+,26-25+,29-28+. The predicted octanol–water partition coefficient (Wildman–Crippen LogP) is 11.4. The first kappa shape index (κ1) is 54.8. The second-order valence-corrected chi connectivity index (χ2v) is 16.3. The van der Waals surface area contributed by atoms with Crippen LogP contribution in [-0.4, -0.2) is 75.5 Å². The molecule has 0 fully saturated rings. The lowest BCUT2D eigenvalue weighted by molar-refractivity contribution is -0.889. The molecule has 0 saturated heterocycles. The Morgan fingerprint density at radius 1 is 0.534 bits per heavy atom. The van der Waals surface area contributed by atoms with Crippen LogP contribution in [0.3, 0.4) is 0 Å². The molecule has 2 unspecified atom stereocenters. The van der Waals surface area contributed by atoms with E-state index in [1.54, 1.807) is 21.1 Å². The van der Waals surface area contributed by atoms with Crippen molar-refractivity contribution in [2.24, 2.45) is 0 Å². The maximum atomic E-state index is 12.7. The van der Waals surface area contributed by atoms with Gasteiger partial charge in [-0.15, -0.1) is 0 Å². The van der Waals surface area contributed by atoms with Crippen LogP contribution in [-0.2, 0) is 28.6 Å². The van der Waals surface area contributed by atoms with E-state index in [0.717, 1.165) is 89.9 Å². The van der Waals surface area contributed by atoms with Crippen molar-refractivity contribution in [1.29, 1.82) is 0 Å². The first-order chi connectivity index (χ1) is 28.1. The number of hydrogen-bond donors (Lipinski definition) is 0. The average molecular weight is 812 g/mol. The summed E-state index contributed by atoms with van der Waals surface area (Å²) in [7, 11) is 5.39. The topological polar surface area (TPSA) is 102 Å². The van der Waals surface area contributed by atoms with Gasteiger partial charge in [-0.2, -0.15) is 0 Å². The fourth-order valence-corrected chi connectivity index (χ4v) is 6.31. The summed E-state index contributed by atoms with van der Waals surface area (Å²) in [5.74, 6) is -1.77. The van der Waals surface area contributed by atoms with Crippen molar-refractivity contribution >= 4 is 17.9 Å². The van der Waals surface area contributed by atoms with Gasteiger partial charge in [-0.25, -0.2) is 0 Å². The van der Waals surface area contributed by atoms with Gasteiger partial charge in [-0.05, 0) is 64.2 Å². The molecule has 0 amide bonds. The predicted molar refractivity (Wildman–Crippen MR) is 240 cm³/mol. The van der Waals surface area contributed by atoms with E-state index < -0.39 is 18.1 Å². The van der Waals surface area contributed by atoms with Gasteiger partial charge >= 0.3 is 11.9 Å². The van der Waals surface area contributed by atoms with E-state index in [0.29, 0.717) is 6.42 Å². The summed E-state index contributed by atoms with van der Waals surface area (Å²) in [5.41, 5.74) is 0. The average Bonchev–Trinajstić information content (AvgIpc) is 3.18. The number of unbranched alkanes of at least 4 members (excludes halogenated alkanes) is 14. The van der Waals surface area contributed by atoms with Crippen molar-refractivity contribution in [2.75, 3.05) is 41.0 Å². The van der Waals surface area contributed by atoms with E-state index in [-0.39, 0.29) is 49.1 Å². The summed E-state index contributed by atoms with van der Waals surface area (Å²) in [4.78, 5) is 36.8. The lowest BCUT2D eigenvalue weighted by atomic mass is 10.1. The van der Waals surface area contributed by atoms with Crippen LogP contribution in [0.5, 0.6) is 0 Å². The van der Waals surface area contributed by atoms with Gasteiger partial charge in [0.15, 0.2) is 6.10 Å². The highest BCUT2D eigenvalue weighted by Gasteiger charge is 2.25. The molecule has 0 aromatic heterocycles. The van der Waals surface area contributed by atoms with Gasteiger partial charge in [0.05, 0.1) is 40.3 Å². The highest BCUT2D eigenvalue weighted by molar-refractivity contribution is 5.70. The fourth-order valence-electron chi connectivity index (χ4n) is 6.31. The highest BCUT2D eigenvalue weighted by Crippen LogP contribution is 2.14. The van der Waals surface area contributed by atoms with Crippen molar-refractivity contribution in [3.63, 3.8) is 0 Å². The molecule has 0 aliphatic carbocycles. The van der Waals surface area contributed by atoms with Gasteiger partial charge in [0, 0.05) is 19.3 Å². The Balaban J connectivity index is 4.35. The Morgan fingerprint density at radius 2 is 0.966 bits per heavy atom. The molecule has 0 saturated carbocycles. The zero-order chi connectivity index (χ0) is 42.8. The molecule has 0 rings (SSSR count). The van der Waals surface area contributed by atoms with E-state index in [4.69, 9.17) is 14.2 Å². The summed E-state index contributed by atoms with van der Waals surface area (Å²) < 4.78 is 17.1. The van der Waals surface area contributed by atoms with E-state index in [1.807, 2.05) is 0 Å². The molecule has 332 valence electrons. The van der Waals surface area contributed by atoms with Crippen molar-refractivity contribution < 1.29 is 38.2 Å². The van der Waals surface area contributed by atoms with Crippen molar-refractivity contribution in [2.45, 2.75) is 187 Å². The number of nitrogens with zero attached hydrogens (tertiary/aromatic N) is 1. The Morgan fingerprint density at radius 3 is 1.43 bits per heavy atom. The van der Waals surface area contributed by atoms with Crippen LogP contribution in [0.2, 0.25) is 0 Å². The smallest absolute Gasteiger partial charge is 0.306 e. The Hall–Kier alpha value is -3.23. The third kappa shape index (κ3) is 38.3. The minimum Gasteiger partial charge on any atom is -0.544 e. The fraction of sp³-hybridized carbons (Fsp3) is 0.700. The number of ether oxygens (including phenoxy) is 3. The molecule has 0 bridgehead atoms. The summed E-state index contributed by atoms with van der Waals surface area (Å²) in [5, 5.41) is 11.6. The van der Waals surface area contributed by atoms with Crippen LogP contribution < -0.4 is 5.11 Å². The zero-order valence-corrected chi connectivity index (χ0v) is 37.7. The zero-order valence-electron chi connectivity index (χ0n) is 37.7. The molecule has 0 spiro atoms. The molecular weight excluding hydrogens is 727 g/mol. The van der Waals surface area contributed by atoms with Gasteiger partial charge < -0.3 is 28.6 Å². The van der Waals surface area contributed by atoms with Gasteiger partial charge in [-0.3, -0.25) is 9.59 Å². The molecule has 0 radical (unpaired) electrons. The van der Waals surface area contributed by atoms with Crippen molar-refractivity contribution in [1.82, 2.24) is 0 Å². The maximum absolute atomic E-state index is 12.7. The molecule has 0 aliphatic heterocycles. The van der Waals surface area contributed by atoms with Crippen LogP contribution in [0.4, 0.5) is 0 Å². The summed E-state index contributed by atoms with van der Waals surface area (Å²) in [6.07, 6.45) is 50.7. The third-order valence-electron chi connectivity index (χ3n) is 9.86. The van der Waals surface area contributed by atoms with E-state index in [9.17, 15) is 19.5 Å². The number of esters is 2. The highest BCUT2D eigenvalue weighted by atomic mass is 16.6. The second-order valence-electron chi connectivity index (χ2n) is 16.3. The molecule has 58 heavy (non-hydrogen) atoms. The van der Waals surface area contributed by atoms with Gasteiger partial charge in [0.2, 0.25) is 0 Å². The van der Waals surface area contributed by atoms with Crippen LogP contribution >= 0.6 is 0 Å². The number of carbonyl (C=O) groups is 3. The summed E-state index contributed by atoms with van der Waals surface area (Å²) in [6.45, 7) is 4.50. The number of carboxylic acid groups (broad SMARTS) is 1. The monoisotopic (exact) mass is 812 g/mol. The molecule has 0 aromatic carbocycles. The number of carboxylic acids is 1. The molecular formula is C50H85NO7. The van der Waals surface area contributed by atoms with Crippen LogP contribution in [0.25, 0.3) is 0 Å². The molecule has 8 nitrogen and oxygen atoms in total. The summed E-state index contributed by atoms with van der Waals surface area (Å²) in [6, 6.07) is -0.732. The second kappa shape index (κ2) is 40.5. The first-order valence-corrected chi connectivity index (χ1v) is 23.0. The lowest BCUT2D eigenvalue weighted by Gasteiger charge is -2.34. The molecule has 2 atom stereocenters.